The van der Waals surface area contributed by atoms with Gasteiger partial charge in [0.25, 0.3) is 0 Å². The van der Waals surface area contributed by atoms with Crippen molar-refractivity contribution in [2.24, 2.45) is 0 Å². The van der Waals surface area contributed by atoms with Gasteiger partial charge in [-0.05, 0) is 24.1 Å². The van der Waals surface area contributed by atoms with E-state index in [-0.39, 0.29) is 18.2 Å². The number of carbonyl (C=O) groups excluding carboxylic acids is 1. The summed E-state index contributed by atoms with van der Waals surface area (Å²) in [4.78, 5) is 18.9. The molecule has 0 N–H and O–H groups in total. The van der Waals surface area contributed by atoms with Crippen molar-refractivity contribution in [3.05, 3.63) is 77.6 Å². The molecule has 0 radical (unpaired) electrons. The molecule has 0 aliphatic carbocycles. The Balaban J connectivity index is 1.43. The number of rotatable bonds is 4. The van der Waals surface area contributed by atoms with E-state index in [9.17, 15) is 4.79 Å². The zero-order valence-corrected chi connectivity index (χ0v) is 14.6. The summed E-state index contributed by atoms with van der Waals surface area (Å²) >= 11 is 0. The summed E-state index contributed by atoms with van der Waals surface area (Å²) in [5.41, 5.74) is 3.36. The highest BCUT2D eigenvalue weighted by Gasteiger charge is 2.38. The van der Waals surface area contributed by atoms with Crippen molar-refractivity contribution in [1.29, 1.82) is 0 Å². The molecule has 1 aromatic carbocycles. The fourth-order valence-electron chi connectivity index (χ4n) is 3.63. The molecule has 2 aromatic rings. The third-order valence-corrected chi connectivity index (χ3v) is 4.83. The molecular weight excluding hydrogens is 328 g/mol. The van der Waals surface area contributed by atoms with Crippen LogP contribution >= 0.6 is 0 Å². The number of carbonyl (C=O) groups is 1. The first-order chi connectivity index (χ1) is 12.8. The van der Waals surface area contributed by atoms with Gasteiger partial charge in [0, 0.05) is 18.3 Å². The molecule has 0 spiro atoms. The van der Waals surface area contributed by atoms with E-state index in [0.29, 0.717) is 19.8 Å². The first-order valence-electron chi connectivity index (χ1n) is 8.96. The molecule has 1 saturated heterocycles. The Hall–Kier alpha value is -2.66. The zero-order chi connectivity index (χ0) is 17.8. The summed E-state index contributed by atoms with van der Waals surface area (Å²) in [5, 5.41) is 0. The molecule has 134 valence electrons. The van der Waals surface area contributed by atoms with Crippen LogP contribution in [0, 0.1) is 0 Å². The number of nitrogens with zero attached hydrogens (tertiary/aromatic N) is 2. The van der Waals surface area contributed by atoms with Gasteiger partial charge in [0.1, 0.15) is 6.61 Å². The van der Waals surface area contributed by atoms with Gasteiger partial charge in [-0.25, -0.2) is 4.79 Å². The third kappa shape index (κ3) is 3.78. The van der Waals surface area contributed by atoms with Gasteiger partial charge in [0.15, 0.2) is 0 Å². The lowest BCUT2D eigenvalue weighted by Gasteiger charge is -2.43. The number of ether oxygens (including phenoxy) is 2. The van der Waals surface area contributed by atoms with Gasteiger partial charge in [-0.3, -0.25) is 9.88 Å². The van der Waals surface area contributed by atoms with E-state index in [0.717, 1.165) is 24.1 Å². The monoisotopic (exact) mass is 350 g/mol. The zero-order valence-electron chi connectivity index (χ0n) is 14.6. The van der Waals surface area contributed by atoms with E-state index >= 15 is 0 Å². The Morgan fingerprint density at radius 2 is 2.00 bits per heavy atom. The Morgan fingerprint density at radius 1 is 1.15 bits per heavy atom. The lowest BCUT2D eigenvalue weighted by atomic mass is 9.92. The standard InChI is InChI=1S/C21H22N2O3/c24-21(26-13-16-6-2-1-3-7-16)23-19-11-17(12-20(23)15-25-14-19)10-18-8-4-5-9-22-18/h1-9,11,19-20H,10,12-15H2. The second-order valence-corrected chi connectivity index (χ2v) is 6.73. The van der Waals surface area contributed by atoms with Crippen LogP contribution in [0.2, 0.25) is 0 Å². The molecule has 2 aliphatic rings. The molecule has 2 aliphatic heterocycles. The molecule has 0 saturated carbocycles. The highest BCUT2D eigenvalue weighted by Crippen LogP contribution is 2.29. The topological polar surface area (TPSA) is 51.7 Å². The Labute approximate surface area is 153 Å². The van der Waals surface area contributed by atoms with E-state index in [4.69, 9.17) is 9.47 Å². The number of amides is 1. The first-order valence-corrected chi connectivity index (χ1v) is 8.96. The second-order valence-electron chi connectivity index (χ2n) is 6.73. The highest BCUT2D eigenvalue weighted by molar-refractivity contribution is 5.69. The number of pyridine rings is 1. The molecule has 5 nitrogen and oxygen atoms in total. The maximum Gasteiger partial charge on any atom is 0.411 e. The second kappa shape index (κ2) is 7.70. The van der Waals surface area contributed by atoms with Crippen molar-refractivity contribution < 1.29 is 14.3 Å². The summed E-state index contributed by atoms with van der Waals surface area (Å²) in [6, 6.07) is 15.7. The van der Waals surface area contributed by atoms with E-state index in [1.54, 1.807) is 0 Å². The van der Waals surface area contributed by atoms with Crippen LogP contribution in [0.15, 0.2) is 66.4 Å². The maximum atomic E-state index is 12.7. The number of morpholine rings is 1. The van der Waals surface area contributed by atoms with E-state index in [2.05, 4.69) is 11.1 Å². The molecule has 3 heterocycles. The highest BCUT2D eigenvalue weighted by atomic mass is 16.6. The number of hydrogen-bond donors (Lipinski definition) is 0. The molecule has 4 rings (SSSR count). The van der Waals surface area contributed by atoms with Gasteiger partial charge in [-0.2, -0.15) is 0 Å². The molecule has 1 amide bonds. The quantitative estimate of drug-likeness (QED) is 0.794. The Bertz CT molecular complexity index is 776. The molecule has 1 aromatic heterocycles. The first kappa shape index (κ1) is 16.8. The minimum atomic E-state index is -0.264. The summed E-state index contributed by atoms with van der Waals surface area (Å²) < 4.78 is 11.2. The smallest absolute Gasteiger partial charge is 0.411 e. The van der Waals surface area contributed by atoms with Crippen LogP contribution < -0.4 is 0 Å². The van der Waals surface area contributed by atoms with Crippen LogP contribution in [0.25, 0.3) is 0 Å². The van der Waals surface area contributed by atoms with Crippen molar-refractivity contribution in [2.75, 3.05) is 13.2 Å². The van der Waals surface area contributed by atoms with Crippen LogP contribution in [0.4, 0.5) is 4.79 Å². The molecule has 2 atom stereocenters. The SMILES string of the molecule is O=C(OCc1ccccc1)N1C2C=C(Cc3ccccn3)CC1COC2. The van der Waals surface area contributed by atoms with E-state index in [1.165, 1.54) is 5.57 Å². The van der Waals surface area contributed by atoms with Crippen molar-refractivity contribution >= 4 is 6.09 Å². The van der Waals surface area contributed by atoms with Gasteiger partial charge in [0.2, 0.25) is 0 Å². The molecule has 2 unspecified atom stereocenters. The predicted molar refractivity (Wildman–Crippen MR) is 97.5 cm³/mol. The van der Waals surface area contributed by atoms with Crippen molar-refractivity contribution in [3.63, 3.8) is 0 Å². The lowest BCUT2D eigenvalue weighted by molar-refractivity contribution is -0.0374. The summed E-state index contributed by atoms with van der Waals surface area (Å²) in [6.45, 7) is 1.36. The van der Waals surface area contributed by atoms with Crippen LogP contribution in [0.5, 0.6) is 0 Å². The van der Waals surface area contributed by atoms with Crippen molar-refractivity contribution in [2.45, 2.75) is 31.5 Å². The van der Waals surface area contributed by atoms with Gasteiger partial charge < -0.3 is 9.47 Å². The van der Waals surface area contributed by atoms with Gasteiger partial charge >= 0.3 is 6.09 Å². The normalized spacial score (nSPS) is 21.8. The molecule has 5 heteroatoms. The molecule has 26 heavy (non-hydrogen) atoms. The minimum absolute atomic E-state index is 0.0285. The average molecular weight is 350 g/mol. The van der Waals surface area contributed by atoms with Gasteiger partial charge in [0.05, 0.1) is 25.3 Å². The third-order valence-electron chi connectivity index (χ3n) is 4.83. The largest absolute Gasteiger partial charge is 0.445 e. The predicted octanol–water partition coefficient (Wildman–Crippen LogP) is 3.36. The summed E-state index contributed by atoms with van der Waals surface area (Å²) in [7, 11) is 0. The van der Waals surface area contributed by atoms with Crippen LogP contribution in [0.3, 0.4) is 0 Å². The fourth-order valence-corrected chi connectivity index (χ4v) is 3.63. The van der Waals surface area contributed by atoms with E-state index < -0.39 is 0 Å². The molecular formula is C21H22N2O3. The van der Waals surface area contributed by atoms with Crippen molar-refractivity contribution in [3.8, 4) is 0 Å². The van der Waals surface area contributed by atoms with Gasteiger partial charge in [-0.1, -0.05) is 48.0 Å². The Kier molecular flexibility index (Phi) is 4.97. The van der Waals surface area contributed by atoms with Crippen LogP contribution in [-0.2, 0) is 22.5 Å². The summed E-state index contributed by atoms with van der Waals surface area (Å²) in [6.07, 6.45) is 5.32. The van der Waals surface area contributed by atoms with Crippen LogP contribution in [-0.4, -0.2) is 41.3 Å². The lowest BCUT2D eigenvalue weighted by Crippen LogP contribution is -2.56. The van der Waals surface area contributed by atoms with Gasteiger partial charge in [-0.15, -0.1) is 0 Å². The van der Waals surface area contributed by atoms with E-state index in [1.807, 2.05) is 59.6 Å². The molecule has 2 bridgehead atoms. The fraction of sp³-hybridized carbons (Fsp3) is 0.333. The molecule has 1 fully saturated rings. The minimum Gasteiger partial charge on any atom is -0.445 e. The van der Waals surface area contributed by atoms with Crippen molar-refractivity contribution in [1.82, 2.24) is 9.88 Å². The number of hydrogen-bond acceptors (Lipinski definition) is 4. The Morgan fingerprint density at radius 3 is 2.77 bits per heavy atom. The number of aromatic nitrogens is 1. The number of benzene rings is 1. The maximum absolute atomic E-state index is 12.7. The average Bonchev–Trinajstić information content (AvgIpc) is 2.67. The van der Waals surface area contributed by atoms with Crippen LogP contribution in [0.1, 0.15) is 17.7 Å². The number of fused-ring (bicyclic) bond motifs is 2. The summed E-state index contributed by atoms with van der Waals surface area (Å²) in [5.74, 6) is 0.